The Hall–Kier alpha value is -5.05. The van der Waals surface area contributed by atoms with Gasteiger partial charge in [0.1, 0.15) is 30.1 Å². The van der Waals surface area contributed by atoms with Crippen LogP contribution >= 0.6 is 0 Å². The number of hydrogen-bond donors (Lipinski definition) is 8. The van der Waals surface area contributed by atoms with E-state index < -0.39 is 55.3 Å². The third kappa shape index (κ3) is 6.56. The minimum Gasteiger partial charge on any atom is -0.394 e. The predicted molar refractivity (Wildman–Crippen MR) is 151 cm³/mol. The van der Waals surface area contributed by atoms with Crippen molar-refractivity contribution in [2.75, 3.05) is 30.8 Å². The molecular weight excluding hydrogens is 566 g/mol. The van der Waals surface area contributed by atoms with Crippen molar-refractivity contribution in [1.82, 2.24) is 19.6 Å². The number of aryl methyl sites for hydroxylation is 1. The lowest BCUT2D eigenvalue weighted by molar-refractivity contribution is -0.117. The first-order valence-electron chi connectivity index (χ1n) is 12.8. The first-order chi connectivity index (χ1) is 20.4. The van der Waals surface area contributed by atoms with Crippen molar-refractivity contribution in [3.05, 3.63) is 64.3 Å². The zero-order valence-electron chi connectivity index (χ0n) is 22.9. The number of amides is 3. The highest BCUT2D eigenvalue weighted by molar-refractivity contribution is 6.10. The van der Waals surface area contributed by atoms with Gasteiger partial charge in [-0.2, -0.15) is 5.26 Å². The number of nitriles is 1. The van der Waals surface area contributed by atoms with Gasteiger partial charge in [-0.3, -0.25) is 14.3 Å². The molecule has 43 heavy (non-hydrogen) atoms. The maximum Gasteiger partial charge on any atom is 0.439 e. The number of aliphatic hydroxyl groups excluding tert-OH is 5. The monoisotopic (exact) mass is 595 g/mol. The van der Waals surface area contributed by atoms with Gasteiger partial charge >= 0.3 is 11.8 Å². The first-order valence-corrected chi connectivity index (χ1v) is 12.8. The van der Waals surface area contributed by atoms with Crippen LogP contribution < -0.4 is 16.4 Å². The number of likely N-dealkylation sites (N-methyl/N-ethyl adjacent to an activating group) is 1. The van der Waals surface area contributed by atoms with Gasteiger partial charge in [0.2, 0.25) is 0 Å². The maximum atomic E-state index is 13.4. The number of rotatable bonds is 10. The van der Waals surface area contributed by atoms with E-state index in [1.807, 2.05) is 6.07 Å². The lowest BCUT2D eigenvalue weighted by Crippen LogP contribution is -2.50. The molecule has 0 saturated carbocycles. The van der Waals surface area contributed by atoms with Gasteiger partial charge in [0.05, 0.1) is 41.7 Å². The molecule has 2 aromatic carbocycles. The van der Waals surface area contributed by atoms with E-state index in [0.717, 1.165) is 4.90 Å². The van der Waals surface area contributed by atoms with Crippen LogP contribution in [-0.4, -0.2) is 102 Å². The average molecular weight is 596 g/mol. The van der Waals surface area contributed by atoms with Crippen LogP contribution in [0.4, 0.5) is 16.2 Å². The fourth-order valence-corrected chi connectivity index (χ4v) is 4.43. The molecule has 0 saturated heterocycles. The molecule has 16 heteroatoms. The van der Waals surface area contributed by atoms with Crippen LogP contribution in [-0.2, 0) is 7.05 Å². The number of hydrogen-bond acceptors (Lipinski definition) is 11. The van der Waals surface area contributed by atoms with Crippen molar-refractivity contribution in [2.45, 2.75) is 24.4 Å². The molecule has 0 aliphatic rings. The Morgan fingerprint density at radius 2 is 1.81 bits per heavy atom. The summed E-state index contributed by atoms with van der Waals surface area (Å²) in [7, 11) is 2.95. The molecule has 0 spiro atoms. The zero-order valence-corrected chi connectivity index (χ0v) is 22.9. The molecule has 8 N–H and O–H groups in total. The van der Waals surface area contributed by atoms with Gasteiger partial charge in [0, 0.05) is 25.0 Å². The van der Waals surface area contributed by atoms with Crippen molar-refractivity contribution in [3.63, 3.8) is 0 Å². The largest absolute Gasteiger partial charge is 0.439 e. The molecule has 0 radical (unpaired) electrons. The molecule has 0 fully saturated rings. The summed E-state index contributed by atoms with van der Waals surface area (Å²) in [5.41, 5.74) is 1.75. The van der Waals surface area contributed by atoms with Crippen LogP contribution in [0.25, 0.3) is 22.3 Å². The fraction of sp³-hybridized carbons (Fsp3) is 0.296. The number of anilines is 2. The van der Waals surface area contributed by atoms with Crippen LogP contribution in [0.5, 0.6) is 0 Å². The van der Waals surface area contributed by atoms with Crippen LogP contribution in [0, 0.1) is 11.3 Å². The summed E-state index contributed by atoms with van der Waals surface area (Å²) in [6, 6.07) is 12.3. The highest BCUT2D eigenvalue weighted by Gasteiger charge is 2.31. The van der Waals surface area contributed by atoms with Gasteiger partial charge in [-0.1, -0.05) is 17.3 Å². The van der Waals surface area contributed by atoms with Crippen LogP contribution in [0.2, 0.25) is 0 Å². The molecule has 2 heterocycles. The van der Waals surface area contributed by atoms with Gasteiger partial charge in [0.15, 0.2) is 5.82 Å². The first kappa shape index (κ1) is 30.9. The molecule has 0 aliphatic heterocycles. The van der Waals surface area contributed by atoms with E-state index in [9.17, 15) is 40.1 Å². The van der Waals surface area contributed by atoms with Crippen molar-refractivity contribution in [2.24, 2.45) is 7.05 Å². The number of carbonyl (C=O) groups is 2. The Labute approximate surface area is 243 Å². The molecule has 0 aliphatic carbocycles. The molecule has 4 aromatic rings. The molecule has 226 valence electrons. The SMILES string of the molecule is CN(CC(O)C(O)C(O)C(O)CO)C(=O)Nc1cccc2cc(C(=O)Nc3ccc(C#N)cc3-c3noc(=O)[nH]3)n(C)c12. The number of fused-ring (bicyclic) bond motifs is 1. The Kier molecular flexibility index (Phi) is 9.24. The number of H-pyrrole nitrogens is 1. The Morgan fingerprint density at radius 3 is 2.47 bits per heavy atom. The second-order valence-corrected chi connectivity index (χ2v) is 9.71. The number of aromatic nitrogens is 3. The van der Waals surface area contributed by atoms with E-state index in [1.165, 1.54) is 25.2 Å². The van der Waals surface area contributed by atoms with Crippen molar-refractivity contribution < 1.29 is 39.6 Å². The number of nitrogens with one attached hydrogen (secondary N) is 3. The van der Waals surface area contributed by atoms with Crippen molar-refractivity contribution >= 4 is 34.2 Å². The normalized spacial score (nSPS) is 14.0. The van der Waals surface area contributed by atoms with E-state index in [1.54, 1.807) is 35.9 Å². The maximum absolute atomic E-state index is 13.4. The summed E-state index contributed by atoms with van der Waals surface area (Å²) in [6.07, 6.45) is -7.00. The van der Waals surface area contributed by atoms with Crippen LogP contribution in [0.3, 0.4) is 0 Å². The molecule has 2 aromatic heterocycles. The number of nitrogens with zero attached hydrogens (tertiary/aromatic N) is 4. The number of carbonyl (C=O) groups excluding carboxylic acids is 2. The van der Waals surface area contributed by atoms with Crippen LogP contribution in [0.15, 0.2) is 51.8 Å². The van der Waals surface area contributed by atoms with Crippen molar-refractivity contribution in [3.8, 4) is 17.5 Å². The molecule has 16 nitrogen and oxygen atoms in total. The Morgan fingerprint density at radius 1 is 1.09 bits per heavy atom. The highest BCUT2D eigenvalue weighted by atomic mass is 16.5. The molecule has 0 bridgehead atoms. The third-order valence-electron chi connectivity index (χ3n) is 6.76. The summed E-state index contributed by atoms with van der Waals surface area (Å²) in [5.74, 6) is -1.35. The smallest absolute Gasteiger partial charge is 0.394 e. The highest BCUT2D eigenvalue weighted by Crippen LogP contribution is 2.29. The van der Waals surface area contributed by atoms with Gasteiger partial charge in [-0.15, -0.1) is 0 Å². The predicted octanol–water partition coefficient (Wildman–Crippen LogP) is -0.455. The van der Waals surface area contributed by atoms with Crippen LogP contribution in [0.1, 0.15) is 16.1 Å². The summed E-state index contributed by atoms with van der Waals surface area (Å²) in [6.45, 7) is -1.26. The number of para-hydroxylation sites is 1. The average Bonchev–Trinajstić information content (AvgIpc) is 3.59. The van der Waals surface area contributed by atoms with Gasteiger partial charge in [-0.25, -0.2) is 9.59 Å². The number of benzene rings is 2. The molecule has 3 amide bonds. The Bertz CT molecular complexity index is 1740. The second kappa shape index (κ2) is 12.9. The lowest BCUT2D eigenvalue weighted by Gasteiger charge is -2.28. The molecular formula is C27H29N7O9. The number of urea groups is 1. The van der Waals surface area contributed by atoms with E-state index in [0.29, 0.717) is 16.6 Å². The summed E-state index contributed by atoms with van der Waals surface area (Å²) in [5, 5.41) is 67.5. The summed E-state index contributed by atoms with van der Waals surface area (Å²) < 4.78 is 6.11. The summed E-state index contributed by atoms with van der Waals surface area (Å²) >= 11 is 0. The zero-order chi connectivity index (χ0) is 31.4. The second-order valence-electron chi connectivity index (χ2n) is 9.71. The number of aromatic amines is 1. The standard InChI is InChI=1S/C27H29N7O9/c1-33(11-19(36)22(38)23(39)20(37)12-35)26(41)30-17-5-3-4-14-9-18(34(2)21(14)17)25(40)29-16-7-6-13(10-28)8-15(16)24-31-27(42)43-32-24/h3-9,19-20,22-23,35-39H,11-12H2,1-2H3,(H,29,40)(H,30,41)(H,31,32,42). The van der Waals surface area contributed by atoms with Gasteiger partial charge in [-0.05, 0) is 30.3 Å². The van der Waals surface area contributed by atoms with E-state index in [4.69, 9.17) is 5.11 Å². The lowest BCUT2D eigenvalue weighted by atomic mass is 10.0. The van der Waals surface area contributed by atoms with Gasteiger partial charge in [0.25, 0.3) is 5.91 Å². The molecule has 4 rings (SSSR count). The minimum absolute atomic E-state index is 0.0142. The topological polar surface area (TPSA) is 250 Å². The number of aliphatic hydroxyl groups is 5. The fourth-order valence-electron chi connectivity index (χ4n) is 4.43. The van der Waals surface area contributed by atoms with E-state index in [-0.39, 0.29) is 28.3 Å². The van der Waals surface area contributed by atoms with E-state index >= 15 is 0 Å². The summed E-state index contributed by atoms with van der Waals surface area (Å²) in [4.78, 5) is 41.2. The quantitative estimate of drug-likeness (QED) is 0.116. The molecule has 4 unspecified atom stereocenters. The van der Waals surface area contributed by atoms with Crippen molar-refractivity contribution in [1.29, 1.82) is 5.26 Å². The Balaban J connectivity index is 1.55. The van der Waals surface area contributed by atoms with E-state index in [2.05, 4.69) is 25.3 Å². The third-order valence-corrected chi connectivity index (χ3v) is 6.76. The minimum atomic E-state index is -1.84. The molecule has 4 atom stereocenters. The van der Waals surface area contributed by atoms with Gasteiger partial charge < -0.3 is 45.6 Å².